The average Bonchev–Trinajstić information content (AvgIpc) is 3.31. The standard InChI is InChI=1S/C18H13FN4O2S2/c1-10-20-13-5-4-11(19)7-12(13)17(25)23(10)8-16(24)22-18-21-14(9-27-18)15-3-2-6-26-15/h2-7,9H,8H2,1H3,(H,21,22,24). The van der Waals surface area contributed by atoms with E-state index in [1.165, 1.54) is 28.0 Å². The monoisotopic (exact) mass is 400 g/mol. The van der Waals surface area contributed by atoms with Crippen LogP contribution in [0.2, 0.25) is 0 Å². The van der Waals surface area contributed by atoms with Crippen molar-refractivity contribution in [2.24, 2.45) is 0 Å². The second kappa shape index (κ2) is 7.01. The molecule has 27 heavy (non-hydrogen) atoms. The van der Waals surface area contributed by atoms with Crippen LogP contribution in [0.5, 0.6) is 0 Å². The largest absolute Gasteiger partial charge is 0.300 e. The van der Waals surface area contributed by atoms with E-state index in [4.69, 9.17) is 0 Å². The molecule has 0 aliphatic carbocycles. The number of rotatable bonds is 4. The molecule has 0 unspecified atom stereocenters. The van der Waals surface area contributed by atoms with Gasteiger partial charge in [0.2, 0.25) is 5.91 Å². The first-order valence-corrected chi connectivity index (χ1v) is 9.73. The number of carbonyl (C=O) groups is 1. The molecular formula is C18H13FN4O2S2. The molecule has 1 N–H and O–H groups in total. The fourth-order valence-electron chi connectivity index (χ4n) is 2.66. The number of halogens is 1. The number of aromatic nitrogens is 3. The van der Waals surface area contributed by atoms with Gasteiger partial charge in [0.25, 0.3) is 5.56 Å². The average molecular weight is 400 g/mol. The van der Waals surface area contributed by atoms with Crippen molar-refractivity contribution >= 4 is 44.6 Å². The maximum Gasteiger partial charge on any atom is 0.261 e. The normalized spacial score (nSPS) is 11.0. The van der Waals surface area contributed by atoms with Crippen LogP contribution < -0.4 is 10.9 Å². The number of thiophene rings is 1. The third kappa shape index (κ3) is 3.51. The van der Waals surface area contributed by atoms with E-state index >= 15 is 0 Å². The molecule has 0 radical (unpaired) electrons. The summed E-state index contributed by atoms with van der Waals surface area (Å²) >= 11 is 2.87. The van der Waals surface area contributed by atoms with Crippen molar-refractivity contribution in [3.05, 3.63) is 63.1 Å². The van der Waals surface area contributed by atoms with Crippen LogP contribution in [0.25, 0.3) is 21.5 Å². The minimum atomic E-state index is -0.523. The predicted octanol–water partition coefficient (Wildman–Crippen LogP) is 3.67. The van der Waals surface area contributed by atoms with E-state index < -0.39 is 17.3 Å². The van der Waals surface area contributed by atoms with Gasteiger partial charge in [0, 0.05) is 5.38 Å². The second-order valence-electron chi connectivity index (χ2n) is 5.78. The number of amides is 1. The fraction of sp³-hybridized carbons (Fsp3) is 0.111. The smallest absolute Gasteiger partial charge is 0.261 e. The van der Waals surface area contributed by atoms with Gasteiger partial charge in [0.05, 0.1) is 21.5 Å². The van der Waals surface area contributed by atoms with Crippen molar-refractivity contribution < 1.29 is 9.18 Å². The van der Waals surface area contributed by atoms with Gasteiger partial charge in [-0.3, -0.25) is 14.2 Å². The van der Waals surface area contributed by atoms with Gasteiger partial charge in [0.15, 0.2) is 5.13 Å². The number of nitrogens with one attached hydrogen (secondary N) is 1. The van der Waals surface area contributed by atoms with Crippen molar-refractivity contribution in [3.63, 3.8) is 0 Å². The van der Waals surface area contributed by atoms with E-state index in [0.29, 0.717) is 16.5 Å². The number of aryl methyl sites for hydroxylation is 1. The lowest BCUT2D eigenvalue weighted by atomic mass is 10.2. The van der Waals surface area contributed by atoms with E-state index in [1.807, 2.05) is 22.9 Å². The Bertz CT molecular complexity index is 1200. The lowest BCUT2D eigenvalue weighted by Gasteiger charge is -2.10. The Morgan fingerprint density at radius 3 is 2.89 bits per heavy atom. The number of anilines is 1. The summed E-state index contributed by atoms with van der Waals surface area (Å²) in [4.78, 5) is 34.7. The zero-order valence-electron chi connectivity index (χ0n) is 14.1. The minimum Gasteiger partial charge on any atom is -0.300 e. The fourth-order valence-corrected chi connectivity index (χ4v) is 4.15. The number of fused-ring (bicyclic) bond motifs is 1. The summed E-state index contributed by atoms with van der Waals surface area (Å²) in [6.07, 6.45) is 0. The van der Waals surface area contributed by atoms with Crippen LogP contribution in [0.3, 0.4) is 0 Å². The van der Waals surface area contributed by atoms with Crippen LogP contribution in [-0.4, -0.2) is 20.4 Å². The number of hydrogen-bond donors (Lipinski definition) is 1. The molecule has 0 bridgehead atoms. The van der Waals surface area contributed by atoms with Crippen LogP contribution in [-0.2, 0) is 11.3 Å². The summed E-state index contributed by atoms with van der Waals surface area (Å²) in [5.41, 5.74) is 0.739. The van der Waals surface area contributed by atoms with Crippen molar-refractivity contribution in [1.82, 2.24) is 14.5 Å². The zero-order chi connectivity index (χ0) is 19.0. The molecule has 6 nitrogen and oxygen atoms in total. The highest BCUT2D eigenvalue weighted by Gasteiger charge is 2.14. The molecule has 136 valence electrons. The summed E-state index contributed by atoms with van der Waals surface area (Å²) in [5.74, 6) is -0.539. The highest BCUT2D eigenvalue weighted by atomic mass is 32.1. The van der Waals surface area contributed by atoms with E-state index in [-0.39, 0.29) is 11.9 Å². The lowest BCUT2D eigenvalue weighted by molar-refractivity contribution is -0.116. The van der Waals surface area contributed by atoms with Gasteiger partial charge in [-0.25, -0.2) is 14.4 Å². The molecule has 3 aromatic heterocycles. The van der Waals surface area contributed by atoms with Gasteiger partial charge in [-0.15, -0.1) is 22.7 Å². The van der Waals surface area contributed by atoms with E-state index in [2.05, 4.69) is 15.3 Å². The number of benzene rings is 1. The molecule has 0 saturated carbocycles. The zero-order valence-corrected chi connectivity index (χ0v) is 15.7. The van der Waals surface area contributed by atoms with Gasteiger partial charge >= 0.3 is 0 Å². The first kappa shape index (κ1) is 17.5. The van der Waals surface area contributed by atoms with Crippen molar-refractivity contribution in [1.29, 1.82) is 0 Å². The van der Waals surface area contributed by atoms with Crippen molar-refractivity contribution in [2.45, 2.75) is 13.5 Å². The predicted molar refractivity (Wildman–Crippen MR) is 105 cm³/mol. The Morgan fingerprint density at radius 2 is 2.11 bits per heavy atom. The van der Waals surface area contributed by atoms with Gasteiger partial charge in [-0.1, -0.05) is 6.07 Å². The molecule has 0 atom stereocenters. The topological polar surface area (TPSA) is 76.9 Å². The molecular weight excluding hydrogens is 387 g/mol. The van der Waals surface area contributed by atoms with Crippen molar-refractivity contribution in [3.8, 4) is 10.6 Å². The van der Waals surface area contributed by atoms with Crippen LogP contribution in [0.15, 0.2) is 45.9 Å². The van der Waals surface area contributed by atoms with Gasteiger partial charge < -0.3 is 5.32 Å². The Hall–Kier alpha value is -2.91. The highest BCUT2D eigenvalue weighted by Crippen LogP contribution is 2.28. The Kier molecular flexibility index (Phi) is 4.54. The first-order chi connectivity index (χ1) is 13.0. The Labute approximate surface area is 161 Å². The quantitative estimate of drug-likeness (QED) is 0.567. The second-order valence-corrected chi connectivity index (χ2v) is 7.58. The van der Waals surface area contributed by atoms with E-state index in [0.717, 1.165) is 16.6 Å². The molecule has 4 rings (SSSR count). The van der Waals surface area contributed by atoms with E-state index in [1.54, 1.807) is 18.3 Å². The number of hydrogen-bond acceptors (Lipinski definition) is 6. The third-order valence-electron chi connectivity index (χ3n) is 3.93. The molecule has 0 fully saturated rings. The molecule has 0 spiro atoms. The van der Waals surface area contributed by atoms with Crippen molar-refractivity contribution in [2.75, 3.05) is 5.32 Å². The maximum atomic E-state index is 13.5. The number of thiazole rings is 1. The minimum absolute atomic E-state index is 0.141. The van der Waals surface area contributed by atoms with Crippen LogP contribution in [0.1, 0.15) is 5.82 Å². The van der Waals surface area contributed by atoms with Gasteiger partial charge in [-0.05, 0) is 36.6 Å². The molecule has 1 aromatic carbocycles. The third-order valence-corrected chi connectivity index (χ3v) is 5.58. The summed E-state index contributed by atoms with van der Waals surface area (Å²) in [5, 5.41) is 7.11. The lowest BCUT2D eigenvalue weighted by Crippen LogP contribution is -2.30. The Morgan fingerprint density at radius 1 is 1.26 bits per heavy atom. The van der Waals surface area contributed by atoms with Gasteiger partial charge in [-0.2, -0.15) is 0 Å². The first-order valence-electron chi connectivity index (χ1n) is 7.97. The van der Waals surface area contributed by atoms with Crippen LogP contribution in [0, 0.1) is 12.7 Å². The van der Waals surface area contributed by atoms with Gasteiger partial charge in [0.1, 0.15) is 18.2 Å². The Balaban J connectivity index is 1.57. The summed E-state index contributed by atoms with van der Waals surface area (Å²) < 4.78 is 14.7. The highest BCUT2D eigenvalue weighted by molar-refractivity contribution is 7.16. The molecule has 9 heteroatoms. The van der Waals surface area contributed by atoms with Crippen LogP contribution >= 0.6 is 22.7 Å². The molecule has 0 aliphatic heterocycles. The molecule has 0 aliphatic rings. The summed E-state index contributed by atoms with van der Waals surface area (Å²) in [6.45, 7) is 1.41. The molecule has 1 amide bonds. The SMILES string of the molecule is Cc1nc2ccc(F)cc2c(=O)n1CC(=O)Nc1nc(-c2cccs2)cs1. The maximum absolute atomic E-state index is 13.5. The molecule has 3 heterocycles. The molecule has 4 aromatic rings. The summed E-state index contributed by atoms with van der Waals surface area (Å²) in [7, 11) is 0. The summed E-state index contributed by atoms with van der Waals surface area (Å²) in [6, 6.07) is 7.72. The number of carbonyl (C=O) groups excluding carboxylic acids is 1. The molecule has 0 saturated heterocycles. The van der Waals surface area contributed by atoms with Crippen LogP contribution in [0.4, 0.5) is 9.52 Å². The van der Waals surface area contributed by atoms with E-state index in [9.17, 15) is 14.0 Å². The number of nitrogens with zero attached hydrogens (tertiary/aromatic N) is 3.